The summed E-state index contributed by atoms with van der Waals surface area (Å²) in [5.74, 6) is -5.13. The van der Waals surface area contributed by atoms with Crippen LogP contribution in [0, 0.1) is 0 Å². The summed E-state index contributed by atoms with van der Waals surface area (Å²) in [5.41, 5.74) is 0.263. The van der Waals surface area contributed by atoms with Gasteiger partial charge in [-0.25, -0.2) is 4.79 Å². The molecule has 7 nitrogen and oxygen atoms in total. The van der Waals surface area contributed by atoms with Crippen molar-refractivity contribution in [1.82, 2.24) is 5.32 Å². The summed E-state index contributed by atoms with van der Waals surface area (Å²) in [6.45, 7) is 0. The van der Waals surface area contributed by atoms with Crippen LogP contribution in [0.25, 0.3) is 0 Å². The molecular formula is C14H13BF3NO6. The molecule has 0 aliphatic carbocycles. The van der Waals surface area contributed by atoms with Gasteiger partial charge in [0.2, 0.25) is 11.7 Å². The number of benzene rings is 1. The van der Waals surface area contributed by atoms with Crippen LogP contribution < -0.4 is 9.97 Å². The van der Waals surface area contributed by atoms with Crippen LogP contribution in [0.15, 0.2) is 18.2 Å². The Morgan fingerprint density at radius 1 is 1.28 bits per heavy atom. The van der Waals surface area contributed by atoms with Crippen molar-refractivity contribution in [2.75, 3.05) is 0 Å². The molecule has 0 spiro atoms. The van der Waals surface area contributed by atoms with Gasteiger partial charge in [-0.05, 0) is 18.1 Å². The third-order valence-corrected chi connectivity index (χ3v) is 3.59. The number of amides is 1. The smallest absolute Gasteiger partial charge is 0.534 e. The minimum Gasteiger partial charge on any atom is -0.534 e. The molecule has 0 aromatic heterocycles. The van der Waals surface area contributed by atoms with Crippen molar-refractivity contribution >= 4 is 24.8 Å². The number of carbonyl (C=O) groups is 3. The third kappa shape index (κ3) is 4.50. The molecule has 1 aliphatic rings. The molecule has 11 heteroatoms. The number of para-hydroxylation sites is 1. The Bertz CT molecular complexity index is 708. The number of carbonyl (C=O) groups excluding carboxylic acids is 2. The van der Waals surface area contributed by atoms with Crippen LogP contribution in [0.3, 0.4) is 0 Å². The Morgan fingerprint density at radius 3 is 2.56 bits per heavy atom. The van der Waals surface area contributed by atoms with Crippen LogP contribution in [0.5, 0.6) is 5.75 Å². The van der Waals surface area contributed by atoms with Gasteiger partial charge in [-0.15, -0.1) is 0 Å². The molecule has 1 aromatic carbocycles. The van der Waals surface area contributed by atoms with Crippen molar-refractivity contribution in [3.05, 3.63) is 29.3 Å². The summed E-state index contributed by atoms with van der Waals surface area (Å²) < 4.78 is 41.4. The zero-order valence-electron chi connectivity index (χ0n) is 12.7. The zero-order valence-corrected chi connectivity index (χ0v) is 12.7. The molecule has 0 saturated heterocycles. The van der Waals surface area contributed by atoms with Crippen molar-refractivity contribution in [2.45, 2.75) is 31.4 Å². The summed E-state index contributed by atoms with van der Waals surface area (Å²) in [6, 6.07) is 4.29. The number of carboxylic acid groups (broad SMARTS) is 1. The highest BCUT2D eigenvalue weighted by molar-refractivity contribution is 6.47. The second-order valence-corrected chi connectivity index (χ2v) is 5.41. The van der Waals surface area contributed by atoms with Gasteiger partial charge in [-0.3, -0.25) is 9.59 Å². The number of carboxylic acids is 1. The largest absolute Gasteiger partial charge is 0.547 e. The van der Waals surface area contributed by atoms with E-state index in [2.05, 4.69) is 5.32 Å². The summed E-state index contributed by atoms with van der Waals surface area (Å²) in [4.78, 5) is 33.6. The maximum absolute atomic E-state index is 12.1. The number of hydrogen-bond donors (Lipinski definition) is 3. The van der Waals surface area contributed by atoms with Gasteiger partial charge in [0.25, 0.3) is 0 Å². The molecular weight excluding hydrogens is 346 g/mol. The Morgan fingerprint density at radius 2 is 1.96 bits per heavy atom. The first-order chi connectivity index (χ1) is 11.6. The highest BCUT2D eigenvalue weighted by Crippen LogP contribution is 2.30. The first kappa shape index (κ1) is 18.8. The Hall–Kier alpha value is -2.56. The lowest BCUT2D eigenvalue weighted by atomic mass is 9.72. The van der Waals surface area contributed by atoms with E-state index in [1.165, 1.54) is 12.1 Å². The maximum Gasteiger partial charge on any atom is 0.547 e. The van der Waals surface area contributed by atoms with E-state index in [0.29, 0.717) is 5.56 Å². The van der Waals surface area contributed by atoms with Crippen LogP contribution in [0.4, 0.5) is 13.2 Å². The number of fused-ring (bicyclic) bond motifs is 1. The van der Waals surface area contributed by atoms with E-state index in [9.17, 15) is 32.6 Å². The normalized spacial score (nSPS) is 16.6. The molecule has 0 saturated carbocycles. The molecule has 1 aromatic rings. The lowest BCUT2D eigenvalue weighted by molar-refractivity contribution is -0.171. The van der Waals surface area contributed by atoms with Crippen molar-refractivity contribution in [1.29, 1.82) is 0 Å². The quantitative estimate of drug-likeness (QED) is 0.669. The topological polar surface area (TPSA) is 113 Å². The monoisotopic (exact) mass is 359 g/mol. The van der Waals surface area contributed by atoms with E-state index in [0.717, 1.165) is 0 Å². The van der Waals surface area contributed by atoms with E-state index in [1.807, 2.05) is 0 Å². The molecule has 1 aliphatic heterocycles. The van der Waals surface area contributed by atoms with Gasteiger partial charge in [-0.2, -0.15) is 13.2 Å². The van der Waals surface area contributed by atoms with Gasteiger partial charge < -0.3 is 20.1 Å². The minimum atomic E-state index is -5.00. The SMILES string of the molecule is O=C(CCC(=O)C(F)(F)F)NC1Cc2cccc(C(=O)O)c2OB1O. The minimum absolute atomic E-state index is 0.0244. The highest BCUT2D eigenvalue weighted by Gasteiger charge is 2.39. The average Bonchev–Trinajstić information content (AvgIpc) is 2.51. The number of alkyl halides is 3. The number of halogens is 3. The number of ketones is 1. The molecule has 1 amide bonds. The van der Waals surface area contributed by atoms with Crippen LogP contribution in [0.1, 0.15) is 28.8 Å². The van der Waals surface area contributed by atoms with E-state index in [4.69, 9.17) is 9.76 Å². The molecule has 0 bridgehead atoms. The Kier molecular flexibility index (Phi) is 5.36. The molecule has 1 atom stereocenters. The average molecular weight is 359 g/mol. The van der Waals surface area contributed by atoms with E-state index < -0.39 is 49.7 Å². The fourth-order valence-electron chi connectivity index (χ4n) is 2.36. The van der Waals surface area contributed by atoms with Crippen molar-refractivity contribution < 1.29 is 42.3 Å². The van der Waals surface area contributed by atoms with Crippen LogP contribution in [-0.4, -0.2) is 47.0 Å². The molecule has 134 valence electrons. The molecule has 3 N–H and O–H groups in total. The van der Waals surface area contributed by atoms with Crippen LogP contribution in [0.2, 0.25) is 0 Å². The first-order valence-electron chi connectivity index (χ1n) is 7.19. The molecule has 25 heavy (non-hydrogen) atoms. The summed E-state index contributed by atoms with van der Waals surface area (Å²) >= 11 is 0. The van der Waals surface area contributed by atoms with E-state index >= 15 is 0 Å². The third-order valence-electron chi connectivity index (χ3n) is 3.59. The lowest BCUT2D eigenvalue weighted by Crippen LogP contribution is -2.53. The van der Waals surface area contributed by atoms with Gasteiger partial charge in [0, 0.05) is 12.8 Å². The Labute approximate surface area is 139 Å². The number of nitrogens with one attached hydrogen (secondary N) is 1. The molecule has 1 heterocycles. The molecule has 1 unspecified atom stereocenters. The molecule has 0 radical (unpaired) electrons. The summed E-state index contributed by atoms with van der Waals surface area (Å²) in [6.07, 6.45) is -6.67. The van der Waals surface area contributed by atoms with Crippen molar-refractivity contribution in [3.8, 4) is 5.75 Å². The Balaban J connectivity index is 2.00. The van der Waals surface area contributed by atoms with Gasteiger partial charge in [0.1, 0.15) is 5.75 Å². The maximum atomic E-state index is 12.1. The second kappa shape index (κ2) is 7.13. The van der Waals surface area contributed by atoms with Gasteiger partial charge in [0.15, 0.2) is 0 Å². The van der Waals surface area contributed by atoms with E-state index in [1.54, 1.807) is 6.07 Å². The fourth-order valence-corrected chi connectivity index (χ4v) is 2.36. The van der Waals surface area contributed by atoms with Gasteiger partial charge >= 0.3 is 19.3 Å². The highest BCUT2D eigenvalue weighted by atomic mass is 19.4. The number of aromatic carboxylic acids is 1. The summed E-state index contributed by atoms with van der Waals surface area (Å²) in [7, 11) is -1.57. The number of hydrogen-bond acceptors (Lipinski definition) is 5. The van der Waals surface area contributed by atoms with Crippen LogP contribution in [-0.2, 0) is 16.0 Å². The predicted molar refractivity (Wildman–Crippen MR) is 77.9 cm³/mol. The zero-order chi connectivity index (χ0) is 18.8. The van der Waals surface area contributed by atoms with Crippen LogP contribution >= 0.6 is 0 Å². The molecule has 2 rings (SSSR count). The number of rotatable bonds is 5. The van der Waals surface area contributed by atoms with Gasteiger partial charge in [-0.1, -0.05) is 12.1 Å². The lowest BCUT2D eigenvalue weighted by Gasteiger charge is -2.28. The van der Waals surface area contributed by atoms with E-state index in [-0.39, 0.29) is 17.7 Å². The second-order valence-electron chi connectivity index (χ2n) is 5.41. The van der Waals surface area contributed by atoms with Gasteiger partial charge in [0.05, 0.1) is 11.5 Å². The summed E-state index contributed by atoms with van der Waals surface area (Å²) in [5, 5.41) is 21.3. The fraction of sp³-hybridized carbons (Fsp3) is 0.357. The van der Waals surface area contributed by atoms with Crippen molar-refractivity contribution in [3.63, 3.8) is 0 Å². The number of Topliss-reactive ketones (excluding diaryl/α,β-unsaturated/α-hetero) is 1. The first-order valence-corrected chi connectivity index (χ1v) is 7.19. The van der Waals surface area contributed by atoms with Crippen molar-refractivity contribution in [2.24, 2.45) is 0 Å². The standard InChI is InChI=1S/C14H13BF3NO6/c16-14(17,18)9(20)4-5-11(21)19-10-6-7-2-1-3-8(13(22)23)12(7)25-15(10)24/h1-3,10,24H,4-6H2,(H,19,21)(H,22,23). The predicted octanol–water partition coefficient (Wildman–Crippen LogP) is 0.736. The molecule has 0 fully saturated rings.